The van der Waals surface area contributed by atoms with Crippen LogP contribution in [0.15, 0.2) is 0 Å². The van der Waals surface area contributed by atoms with Gasteiger partial charge in [-0.3, -0.25) is 0 Å². The minimum absolute atomic E-state index is 0.359. The molecule has 0 aromatic rings. The lowest BCUT2D eigenvalue weighted by atomic mass is 10.1. The van der Waals surface area contributed by atoms with E-state index in [4.69, 9.17) is 9.47 Å². The smallest absolute Gasteiger partial charge is 0.0547 e. The molecule has 2 nitrogen and oxygen atoms in total. The van der Waals surface area contributed by atoms with E-state index in [0.717, 1.165) is 19.4 Å². The molecule has 68 valence electrons. The van der Waals surface area contributed by atoms with Crippen molar-refractivity contribution in [3.63, 3.8) is 0 Å². The SMILES string of the molecule is CCOC(C)CCC(C)OC. The minimum Gasteiger partial charge on any atom is -0.382 e. The highest BCUT2D eigenvalue weighted by atomic mass is 16.5. The van der Waals surface area contributed by atoms with Crippen LogP contribution in [0.25, 0.3) is 0 Å². The van der Waals surface area contributed by atoms with E-state index >= 15 is 0 Å². The fraction of sp³-hybridized carbons (Fsp3) is 1.00. The highest BCUT2D eigenvalue weighted by Gasteiger charge is 2.04. The molecule has 11 heavy (non-hydrogen) atoms. The van der Waals surface area contributed by atoms with E-state index < -0.39 is 0 Å². The predicted molar refractivity (Wildman–Crippen MR) is 46.8 cm³/mol. The van der Waals surface area contributed by atoms with Crippen molar-refractivity contribution in [3.8, 4) is 0 Å². The Morgan fingerprint density at radius 1 is 1.09 bits per heavy atom. The van der Waals surface area contributed by atoms with Gasteiger partial charge >= 0.3 is 0 Å². The Morgan fingerprint density at radius 3 is 2.09 bits per heavy atom. The van der Waals surface area contributed by atoms with Gasteiger partial charge in [0.05, 0.1) is 12.2 Å². The summed E-state index contributed by atoms with van der Waals surface area (Å²) in [7, 11) is 1.75. The van der Waals surface area contributed by atoms with Crippen LogP contribution in [-0.2, 0) is 9.47 Å². The Hall–Kier alpha value is -0.0800. The molecule has 2 unspecified atom stereocenters. The zero-order valence-corrected chi connectivity index (χ0v) is 8.09. The lowest BCUT2D eigenvalue weighted by molar-refractivity contribution is 0.0471. The average molecular weight is 160 g/mol. The van der Waals surface area contributed by atoms with Crippen molar-refractivity contribution >= 4 is 0 Å². The van der Waals surface area contributed by atoms with Crippen molar-refractivity contribution in [2.45, 2.75) is 45.8 Å². The second-order valence-electron chi connectivity index (χ2n) is 2.89. The normalized spacial score (nSPS) is 16.4. The predicted octanol–water partition coefficient (Wildman–Crippen LogP) is 2.23. The third kappa shape index (κ3) is 6.32. The maximum Gasteiger partial charge on any atom is 0.0547 e. The van der Waals surface area contributed by atoms with Crippen LogP contribution < -0.4 is 0 Å². The van der Waals surface area contributed by atoms with E-state index in [1.807, 2.05) is 6.92 Å². The summed E-state index contributed by atoms with van der Waals surface area (Å²) in [5.41, 5.74) is 0. The average Bonchev–Trinajstić information content (AvgIpc) is 2.01. The molecule has 0 spiro atoms. The molecule has 0 heterocycles. The van der Waals surface area contributed by atoms with Gasteiger partial charge in [0.1, 0.15) is 0 Å². The van der Waals surface area contributed by atoms with Gasteiger partial charge in [0.25, 0.3) is 0 Å². The second kappa shape index (κ2) is 6.62. The van der Waals surface area contributed by atoms with Crippen molar-refractivity contribution in [3.05, 3.63) is 0 Å². The lowest BCUT2D eigenvalue weighted by Gasteiger charge is -2.14. The number of rotatable bonds is 6. The summed E-state index contributed by atoms with van der Waals surface area (Å²) >= 11 is 0. The molecule has 0 radical (unpaired) electrons. The van der Waals surface area contributed by atoms with Crippen molar-refractivity contribution in [1.82, 2.24) is 0 Å². The number of methoxy groups -OCH3 is 1. The van der Waals surface area contributed by atoms with Gasteiger partial charge in [0, 0.05) is 13.7 Å². The summed E-state index contributed by atoms with van der Waals surface area (Å²) < 4.78 is 10.5. The molecule has 0 N–H and O–H groups in total. The van der Waals surface area contributed by atoms with E-state index in [1.54, 1.807) is 7.11 Å². The first-order valence-corrected chi connectivity index (χ1v) is 4.35. The maximum atomic E-state index is 5.38. The Kier molecular flexibility index (Phi) is 6.57. The third-order valence-electron chi connectivity index (χ3n) is 1.83. The van der Waals surface area contributed by atoms with Gasteiger partial charge in [-0.1, -0.05) is 0 Å². The molecule has 0 fully saturated rings. The Labute approximate surface area is 69.9 Å². The standard InChI is InChI=1S/C9H20O2/c1-5-11-9(3)7-6-8(2)10-4/h8-9H,5-7H2,1-4H3. The zero-order chi connectivity index (χ0) is 8.69. The Bertz CT molecular complexity index is 83.6. The Morgan fingerprint density at radius 2 is 1.64 bits per heavy atom. The first-order chi connectivity index (χ1) is 5.20. The van der Waals surface area contributed by atoms with Crippen LogP contribution in [0.5, 0.6) is 0 Å². The van der Waals surface area contributed by atoms with Gasteiger partial charge in [0.15, 0.2) is 0 Å². The summed E-state index contributed by atoms with van der Waals surface area (Å²) in [6.07, 6.45) is 2.90. The minimum atomic E-state index is 0.359. The van der Waals surface area contributed by atoms with Gasteiger partial charge in [-0.2, -0.15) is 0 Å². The summed E-state index contributed by atoms with van der Waals surface area (Å²) in [6.45, 7) is 7.02. The van der Waals surface area contributed by atoms with Gasteiger partial charge in [-0.05, 0) is 33.6 Å². The van der Waals surface area contributed by atoms with Crippen LogP contribution >= 0.6 is 0 Å². The molecule has 0 amide bonds. The van der Waals surface area contributed by atoms with Gasteiger partial charge in [0.2, 0.25) is 0 Å². The highest BCUT2D eigenvalue weighted by molar-refractivity contribution is 4.55. The molecular formula is C9H20O2. The number of hydrogen-bond donors (Lipinski definition) is 0. The van der Waals surface area contributed by atoms with E-state index in [9.17, 15) is 0 Å². The van der Waals surface area contributed by atoms with Gasteiger partial charge < -0.3 is 9.47 Å². The summed E-state index contributed by atoms with van der Waals surface area (Å²) in [5, 5.41) is 0. The summed E-state index contributed by atoms with van der Waals surface area (Å²) in [6, 6.07) is 0. The van der Waals surface area contributed by atoms with E-state index in [1.165, 1.54) is 0 Å². The molecule has 0 saturated carbocycles. The third-order valence-corrected chi connectivity index (χ3v) is 1.83. The van der Waals surface area contributed by atoms with Crippen LogP contribution in [0.3, 0.4) is 0 Å². The molecule has 0 aliphatic rings. The second-order valence-corrected chi connectivity index (χ2v) is 2.89. The van der Waals surface area contributed by atoms with Crippen molar-refractivity contribution < 1.29 is 9.47 Å². The topological polar surface area (TPSA) is 18.5 Å². The van der Waals surface area contributed by atoms with Crippen molar-refractivity contribution in [1.29, 1.82) is 0 Å². The first kappa shape index (κ1) is 10.9. The van der Waals surface area contributed by atoms with Crippen LogP contribution in [0.2, 0.25) is 0 Å². The molecule has 0 rings (SSSR count). The van der Waals surface area contributed by atoms with E-state index in [0.29, 0.717) is 12.2 Å². The molecule has 0 aromatic carbocycles. The monoisotopic (exact) mass is 160 g/mol. The molecule has 2 atom stereocenters. The molecular weight excluding hydrogens is 140 g/mol. The lowest BCUT2D eigenvalue weighted by Crippen LogP contribution is -2.12. The van der Waals surface area contributed by atoms with Crippen LogP contribution in [0.4, 0.5) is 0 Å². The zero-order valence-electron chi connectivity index (χ0n) is 8.09. The Balaban J connectivity index is 3.22. The fourth-order valence-corrected chi connectivity index (χ4v) is 0.955. The molecule has 0 aliphatic heterocycles. The molecule has 0 saturated heterocycles. The van der Waals surface area contributed by atoms with Gasteiger partial charge in [-0.15, -0.1) is 0 Å². The highest BCUT2D eigenvalue weighted by Crippen LogP contribution is 2.06. The van der Waals surface area contributed by atoms with Crippen LogP contribution in [-0.4, -0.2) is 25.9 Å². The van der Waals surface area contributed by atoms with Crippen LogP contribution in [0, 0.1) is 0 Å². The largest absolute Gasteiger partial charge is 0.382 e. The summed E-state index contributed by atoms with van der Waals surface area (Å²) in [5.74, 6) is 0. The van der Waals surface area contributed by atoms with E-state index in [-0.39, 0.29) is 0 Å². The quantitative estimate of drug-likeness (QED) is 0.593. The molecule has 2 heteroatoms. The molecule has 0 bridgehead atoms. The number of hydrogen-bond acceptors (Lipinski definition) is 2. The fourth-order valence-electron chi connectivity index (χ4n) is 0.955. The van der Waals surface area contributed by atoms with Gasteiger partial charge in [-0.25, -0.2) is 0 Å². The molecule has 0 aromatic heterocycles. The van der Waals surface area contributed by atoms with Crippen molar-refractivity contribution in [2.24, 2.45) is 0 Å². The molecule has 0 aliphatic carbocycles. The van der Waals surface area contributed by atoms with Crippen molar-refractivity contribution in [2.75, 3.05) is 13.7 Å². The summed E-state index contributed by atoms with van der Waals surface area (Å²) in [4.78, 5) is 0. The van der Waals surface area contributed by atoms with Crippen LogP contribution in [0.1, 0.15) is 33.6 Å². The maximum absolute atomic E-state index is 5.38. The number of ether oxygens (including phenoxy) is 2. The van der Waals surface area contributed by atoms with E-state index in [2.05, 4.69) is 13.8 Å². The first-order valence-electron chi connectivity index (χ1n) is 4.35.